The van der Waals surface area contributed by atoms with Crippen LogP contribution in [0.2, 0.25) is 0 Å². The number of rotatable bonds is 7. The molecular weight excluding hydrogens is 266 g/mol. The number of methoxy groups -OCH3 is 1. The highest BCUT2D eigenvalue weighted by molar-refractivity contribution is 5.94. The second-order valence-corrected chi connectivity index (χ2v) is 4.52. The van der Waals surface area contributed by atoms with Crippen molar-refractivity contribution < 1.29 is 9.53 Å². The van der Waals surface area contributed by atoms with Crippen LogP contribution in [0.5, 0.6) is 0 Å². The summed E-state index contributed by atoms with van der Waals surface area (Å²) in [7, 11) is 1.64. The molecule has 2 N–H and O–H groups in total. The van der Waals surface area contributed by atoms with Gasteiger partial charge in [0.05, 0.1) is 6.61 Å². The van der Waals surface area contributed by atoms with Gasteiger partial charge in [0.1, 0.15) is 5.82 Å². The van der Waals surface area contributed by atoms with E-state index in [1.54, 1.807) is 25.4 Å². The molecular formula is C16H19N3O2. The Kier molecular flexibility index (Phi) is 5.72. The van der Waals surface area contributed by atoms with Crippen molar-refractivity contribution in [2.24, 2.45) is 0 Å². The van der Waals surface area contributed by atoms with E-state index in [1.165, 1.54) is 0 Å². The Morgan fingerprint density at radius 3 is 2.81 bits per heavy atom. The minimum Gasteiger partial charge on any atom is -0.383 e. The van der Waals surface area contributed by atoms with Gasteiger partial charge < -0.3 is 15.4 Å². The zero-order chi connectivity index (χ0) is 14.9. The molecule has 0 saturated carbocycles. The number of nitrogens with one attached hydrogen (secondary N) is 2. The van der Waals surface area contributed by atoms with Crippen molar-refractivity contribution in [3.05, 3.63) is 59.8 Å². The molecule has 0 unspecified atom stereocenters. The molecule has 1 aromatic heterocycles. The van der Waals surface area contributed by atoms with Gasteiger partial charge in [-0.25, -0.2) is 4.98 Å². The lowest BCUT2D eigenvalue weighted by molar-refractivity contribution is 0.0951. The summed E-state index contributed by atoms with van der Waals surface area (Å²) in [5, 5.41) is 5.99. The third kappa shape index (κ3) is 4.89. The Balaban J connectivity index is 1.91. The predicted octanol–water partition coefficient (Wildman–Crippen LogP) is 2.07. The number of nitrogens with zero attached hydrogens (tertiary/aromatic N) is 1. The number of hydrogen-bond acceptors (Lipinski definition) is 4. The largest absolute Gasteiger partial charge is 0.383 e. The summed E-state index contributed by atoms with van der Waals surface area (Å²) in [5.74, 6) is 0.551. The molecule has 5 heteroatoms. The number of ether oxygens (including phenoxy) is 1. The Hall–Kier alpha value is -2.40. The second-order valence-electron chi connectivity index (χ2n) is 4.52. The molecule has 0 aliphatic heterocycles. The van der Waals surface area contributed by atoms with Crippen LogP contribution in [-0.4, -0.2) is 31.2 Å². The van der Waals surface area contributed by atoms with Crippen LogP contribution < -0.4 is 10.6 Å². The van der Waals surface area contributed by atoms with Crippen LogP contribution in [0.15, 0.2) is 48.7 Å². The van der Waals surface area contributed by atoms with Crippen molar-refractivity contribution in [3.8, 4) is 0 Å². The van der Waals surface area contributed by atoms with Crippen molar-refractivity contribution >= 4 is 11.7 Å². The smallest absolute Gasteiger partial charge is 0.251 e. The van der Waals surface area contributed by atoms with E-state index in [9.17, 15) is 4.79 Å². The standard InChI is InChI=1S/C16H19N3O2/c1-21-10-9-18-15-11-14(7-8-17-15)16(20)19-12-13-5-3-2-4-6-13/h2-8,11H,9-10,12H2,1H3,(H,17,18)(H,19,20). The molecule has 0 spiro atoms. The van der Waals surface area contributed by atoms with E-state index in [0.29, 0.717) is 31.1 Å². The van der Waals surface area contributed by atoms with E-state index in [0.717, 1.165) is 5.56 Å². The SMILES string of the molecule is COCCNc1cc(C(=O)NCc2ccccc2)ccn1. The molecule has 5 nitrogen and oxygen atoms in total. The van der Waals surface area contributed by atoms with E-state index < -0.39 is 0 Å². The van der Waals surface area contributed by atoms with Crippen LogP contribution in [0.4, 0.5) is 5.82 Å². The molecule has 110 valence electrons. The van der Waals surface area contributed by atoms with Gasteiger partial charge in [0, 0.05) is 32.0 Å². The maximum absolute atomic E-state index is 12.1. The Morgan fingerprint density at radius 2 is 2.05 bits per heavy atom. The molecule has 0 atom stereocenters. The van der Waals surface area contributed by atoms with Gasteiger partial charge in [-0.2, -0.15) is 0 Å². The lowest BCUT2D eigenvalue weighted by Gasteiger charge is -2.08. The van der Waals surface area contributed by atoms with Gasteiger partial charge in [0.25, 0.3) is 5.91 Å². The predicted molar refractivity (Wildman–Crippen MR) is 82.2 cm³/mol. The molecule has 0 saturated heterocycles. The second kappa shape index (κ2) is 8.01. The monoisotopic (exact) mass is 285 g/mol. The summed E-state index contributed by atoms with van der Waals surface area (Å²) in [6.45, 7) is 1.75. The van der Waals surface area contributed by atoms with Crippen LogP contribution in [0.3, 0.4) is 0 Å². The highest BCUT2D eigenvalue weighted by Crippen LogP contribution is 2.07. The average molecular weight is 285 g/mol. The summed E-state index contributed by atoms with van der Waals surface area (Å²) in [6.07, 6.45) is 1.62. The van der Waals surface area contributed by atoms with Gasteiger partial charge in [0.2, 0.25) is 0 Å². The fourth-order valence-corrected chi connectivity index (χ4v) is 1.83. The first-order valence-corrected chi connectivity index (χ1v) is 6.80. The van der Waals surface area contributed by atoms with Gasteiger partial charge in [-0.05, 0) is 17.7 Å². The molecule has 21 heavy (non-hydrogen) atoms. The number of amides is 1. The van der Waals surface area contributed by atoms with E-state index >= 15 is 0 Å². The summed E-state index contributed by atoms with van der Waals surface area (Å²) in [4.78, 5) is 16.3. The zero-order valence-corrected chi connectivity index (χ0v) is 12.0. The highest BCUT2D eigenvalue weighted by atomic mass is 16.5. The third-order valence-corrected chi connectivity index (χ3v) is 2.93. The molecule has 1 amide bonds. The first-order valence-electron chi connectivity index (χ1n) is 6.80. The molecule has 0 bridgehead atoms. The van der Waals surface area contributed by atoms with Crippen molar-refractivity contribution in [1.82, 2.24) is 10.3 Å². The number of aromatic nitrogens is 1. The van der Waals surface area contributed by atoms with Gasteiger partial charge >= 0.3 is 0 Å². The molecule has 0 radical (unpaired) electrons. The number of pyridine rings is 1. The number of benzene rings is 1. The Morgan fingerprint density at radius 1 is 1.24 bits per heavy atom. The normalized spacial score (nSPS) is 10.1. The fourth-order valence-electron chi connectivity index (χ4n) is 1.83. The van der Waals surface area contributed by atoms with Gasteiger partial charge in [-0.15, -0.1) is 0 Å². The summed E-state index contributed by atoms with van der Waals surface area (Å²) in [5.41, 5.74) is 1.65. The molecule has 2 aromatic rings. The quantitative estimate of drug-likeness (QED) is 0.764. The average Bonchev–Trinajstić information content (AvgIpc) is 2.54. The van der Waals surface area contributed by atoms with Crippen LogP contribution >= 0.6 is 0 Å². The lowest BCUT2D eigenvalue weighted by Crippen LogP contribution is -2.23. The van der Waals surface area contributed by atoms with Gasteiger partial charge in [-0.1, -0.05) is 30.3 Å². The number of carbonyl (C=O) groups is 1. The third-order valence-electron chi connectivity index (χ3n) is 2.93. The summed E-state index contributed by atoms with van der Waals surface area (Å²) in [6, 6.07) is 13.2. The zero-order valence-electron chi connectivity index (χ0n) is 12.0. The first kappa shape index (κ1) is 15.0. The topological polar surface area (TPSA) is 63.2 Å². The van der Waals surface area contributed by atoms with Crippen molar-refractivity contribution in [1.29, 1.82) is 0 Å². The first-order chi connectivity index (χ1) is 10.3. The molecule has 0 fully saturated rings. The summed E-state index contributed by atoms with van der Waals surface area (Å²) >= 11 is 0. The van der Waals surface area contributed by atoms with E-state index in [1.807, 2.05) is 30.3 Å². The van der Waals surface area contributed by atoms with Crippen LogP contribution in [0.25, 0.3) is 0 Å². The van der Waals surface area contributed by atoms with Gasteiger partial charge in [-0.3, -0.25) is 4.79 Å². The molecule has 1 heterocycles. The fraction of sp³-hybridized carbons (Fsp3) is 0.250. The maximum Gasteiger partial charge on any atom is 0.251 e. The van der Waals surface area contributed by atoms with E-state index in [-0.39, 0.29) is 5.91 Å². The lowest BCUT2D eigenvalue weighted by atomic mass is 10.2. The number of hydrogen-bond donors (Lipinski definition) is 2. The van der Waals surface area contributed by atoms with Crippen molar-refractivity contribution in [3.63, 3.8) is 0 Å². The minimum atomic E-state index is -0.115. The number of carbonyl (C=O) groups excluding carboxylic acids is 1. The minimum absolute atomic E-state index is 0.115. The molecule has 0 aliphatic carbocycles. The Bertz CT molecular complexity index is 573. The highest BCUT2D eigenvalue weighted by Gasteiger charge is 2.06. The molecule has 2 rings (SSSR count). The molecule has 1 aromatic carbocycles. The van der Waals surface area contributed by atoms with E-state index in [2.05, 4.69) is 15.6 Å². The number of anilines is 1. The summed E-state index contributed by atoms with van der Waals surface area (Å²) < 4.78 is 4.96. The van der Waals surface area contributed by atoms with Crippen LogP contribution in [0.1, 0.15) is 15.9 Å². The van der Waals surface area contributed by atoms with Crippen LogP contribution in [-0.2, 0) is 11.3 Å². The van der Waals surface area contributed by atoms with E-state index in [4.69, 9.17) is 4.74 Å². The molecule has 0 aliphatic rings. The van der Waals surface area contributed by atoms with Crippen molar-refractivity contribution in [2.45, 2.75) is 6.54 Å². The Labute approximate surface area is 124 Å². The van der Waals surface area contributed by atoms with Crippen LogP contribution in [0, 0.1) is 0 Å². The van der Waals surface area contributed by atoms with Gasteiger partial charge in [0.15, 0.2) is 0 Å². The maximum atomic E-state index is 12.1. The van der Waals surface area contributed by atoms with Crippen molar-refractivity contribution in [2.75, 3.05) is 25.6 Å².